The molecule has 7 nitrogen and oxygen atoms in total. The van der Waals surface area contributed by atoms with Crippen molar-refractivity contribution < 1.29 is 14.3 Å². The Morgan fingerprint density at radius 1 is 0.967 bits per heavy atom. The van der Waals surface area contributed by atoms with E-state index in [1.165, 1.54) is 6.21 Å². The second-order valence-electron chi connectivity index (χ2n) is 6.11. The van der Waals surface area contributed by atoms with Gasteiger partial charge in [0.1, 0.15) is 11.4 Å². The van der Waals surface area contributed by atoms with Gasteiger partial charge in [-0.1, -0.05) is 36.4 Å². The molecular formula is C23H20N4O3. The third kappa shape index (κ3) is 5.87. The monoisotopic (exact) mass is 400 g/mol. The zero-order chi connectivity index (χ0) is 21.2. The van der Waals surface area contributed by atoms with Gasteiger partial charge < -0.3 is 10.1 Å². The Balaban J connectivity index is 1.80. The smallest absolute Gasteiger partial charge is 0.287 e. The maximum absolute atomic E-state index is 12.7. The van der Waals surface area contributed by atoms with E-state index < -0.39 is 11.8 Å². The number of methoxy groups -OCH3 is 1. The number of pyridine rings is 1. The minimum Gasteiger partial charge on any atom is -0.497 e. The molecule has 0 aliphatic carbocycles. The lowest BCUT2D eigenvalue weighted by atomic mass is 10.1. The highest BCUT2D eigenvalue weighted by molar-refractivity contribution is 6.05. The van der Waals surface area contributed by atoms with Crippen LogP contribution in [0, 0.1) is 0 Å². The molecule has 1 aromatic heterocycles. The minimum atomic E-state index is -0.567. The lowest BCUT2D eigenvalue weighted by molar-refractivity contribution is -0.117. The molecule has 0 aliphatic heterocycles. The van der Waals surface area contributed by atoms with Crippen molar-refractivity contribution in [1.29, 1.82) is 0 Å². The first kappa shape index (κ1) is 20.5. The summed E-state index contributed by atoms with van der Waals surface area (Å²) in [6.45, 7) is 0. The lowest BCUT2D eigenvalue weighted by Crippen LogP contribution is -2.32. The highest BCUT2D eigenvalue weighted by Crippen LogP contribution is 2.14. The number of carbonyl (C=O) groups excluding carboxylic acids is 2. The number of ether oxygens (including phenoxy) is 1. The predicted molar refractivity (Wildman–Crippen MR) is 115 cm³/mol. The van der Waals surface area contributed by atoms with E-state index in [1.807, 2.05) is 12.1 Å². The van der Waals surface area contributed by atoms with Crippen molar-refractivity contribution >= 4 is 24.1 Å². The van der Waals surface area contributed by atoms with Crippen molar-refractivity contribution in [3.05, 3.63) is 102 Å². The second-order valence-corrected chi connectivity index (χ2v) is 6.11. The van der Waals surface area contributed by atoms with E-state index in [0.29, 0.717) is 22.6 Å². The van der Waals surface area contributed by atoms with Crippen LogP contribution in [-0.2, 0) is 4.79 Å². The quantitative estimate of drug-likeness (QED) is 0.362. The molecule has 0 spiro atoms. The van der Waals surface area contributed by atoms with Crippen LogP contribution in [0.15, 0.2) is 89.8 Å². The SMILES string of the molecule is COc1ccc(/C=C(/NC(=O)c2ccccc2)C(=O)N/N=C/c2ccccn2)cc1. The van der Waals surface area contributed by atoms with Crippen molar-refractivity contribution in [3.8, 4) is 5.75 Å². The van der Waals surface area contributed by atoms with E-state index in [-0.39, 0.29) is 5.70 Å². The number of benzene rings is 2. The van der Waals surface area contributed by atoms with Gasteiger partial charge in [0.15, 0.2) is 0 Å². The third-order valence-electron chi connectivity index (χ3n) is 4.01. The fourth-order valence-electron chi connectivity index (χ4n) is 2.48. The number of amides is 2. The third-order valence-corrected chi connectivity index (χ3v) is 4.01. The van der Waals surface area contributed by atoms with Crippen molar-refractivity contribution in [2.45, 2.75) is 0 Å². The van der Waals surface area contributed by atoms with E-state index in [9.17, 15) is 9.59 Å². The molecule has 0 atom stereocenters. The molecule has 1 heterocycles. The van der Waals surface area contributed by atoms with E-state index in [2.05, 4.69) is 20.8 Å². The lowest BCUT2D eigenvalue weighted by Gasteiger charge is -2.09. The Morgan fingerprint density at radius 2 is 1.70 bits per heavy atom. The molecule has 30 heavy (non-hydrogen) atoms. The van der Waals surface area contributed by atoms with Crippen LogP contribution in [0.25, 0.3) is 6.08 Å². The van der Waals surface area contributed by atoms with Gasteiger partial charge in [-0.2, -0.15) is 5.10 Å². The zero-order valence-electron chi connectivity index (χ0n) is 16.3. The van der Waals surface area contributed by atoms with Gasteiger partial charge in [0.25, 0.3) is 11.8 Å². The van der Waals surface area contributed by atoms with Crippen LogP contribution in [0.2, 0.25) is 0 Å². The molecule has 7 heteroatoms. The Bertz CT molecular complexity index is 1050. The standard InChI is InChI=1S/C23H20N4O3/c1-30-20-12-10-17(11-13-20)15-21(26-22(28)18-7-3-2-4-8-18)23(29)27-25-16-19-9-5-6-14-24-19/h2-16H,1H3,(H,26,28)(H,27,29)/b21-15+,25-16+. The Kier molecular flexibility index (Phi) is 7.05. The summed E-state index contributed by atoms with van der Waals surface area (Å²) < 4.78 is 5.14. The Hall–Kier alpha value is -4.26. The fourth-order valence-corrected chi connectivity index (χ4v) is 2.48. The molecular weight excluding hydrogens is 380 g/mol. The summed E-state index contributed by atoms with van der Waals surface area (Å²) in [5.41, 5.74) is 4.20. The number of rotatable bonds is 7. The Labute approximate surface area is 174 Å². The van der Waals surface area contributed by atoms with Crippen LogP contribution < -0.4 is 15.5 Å². The molecule has 0 saturated carbocycles. The molecule has 2 N–H and O–H groups in total. The summed E-state index contributed by atoms with van der Waals surface area (Å²) >= 11 is 0. The summed E-state index contributed by atoms with van der Waals surface area (Å²) in [5, 5.41) is 6.56. The maximum atomic E-state index is 12.7. The second kappa shape index (κ2) is 10.3. The van der Waals surface area contributed by atoms with Gasteiger partial charge >= 0.3 is 0 Å². The summed E-state index contributed by atoms with van der Waals surface area (Å²) in [6, 6.07) is 21.1. The summed E-state index contributed by atoms with van der Waals surface area (Å²) in [6.07, 6.45) is 4.60. The van der Waals surface area contributed by atoms with Crippen molar-refractivity contribution in [1.82, 2.24) is 15.7 Å². The van der Waals surface area contributed by atoms with Gasteiger partial charge in [0.2, 0.25) is 0 Å². The van der Waals surface area contributed by atoms with Gasteiger partial charge in [0.05, 0.1) is 19.0 Å². The number of nitrogens with one attached hydrogen (secondary N) is 2. The number of nitrogens with zero attached hydrogens (tertiary/aromatic N) is 2. The first-order chi connectivity index (χ1) is 14.7. The average molecular weight is 400 g/mol. The Morgan fingerprint density at radius 3 is 2.37 bits per heavy atom. The summed E-state index contributed by atoms with van der Waals surface area (Å²) in [5.74, 6) is -0.284. The van der Waals surface area contributed by atoms with Crippen LogP contribution in [0.1, 0.15) is 21.6 Å². The van der Waals surface area contributed by atoms with E-state index in [1.54, 1.807) is 80.0 Å². The van der Waals surface area contributed by atoms with E-state index in [4.69, 9.17) is 4.74 Å². The summed E-state index contributed by atoms with van der Waals surface area (Å²) in [7, 11) is 1.57. The van der Waals surface area contributed by atoms with Gasteiger partial charge in [0, 0.05) is 11.8 Å². The molecule has 3 aromatic rings. The number of carbonyl (C=O) groups is 2. The molecule has 2 amide bonds. The van der Waals surface area contributed by atoms with Crippen LogP contribution >= 0.6 is 0 Å². The maximum Gasteiger partial charge on any atom is 0.287 e. The first-order valence-corrected chi connectivity index (χ1v) is 9.12. The molecule has 3 rings (SSSR count). The molecule has 0 radical (unpaired) electrons. The van der Waals surface area contributed by atoms with Crippen LogP contribution in [0.3, 0.4) is 0 Å². The van der Waals surface area contributed by atoms with Crippen molar-refractivity contribution in [2.75, 3.05) is 7.11 Å². The van der Waals surface area contributed by atoms with Crippen LogP contribution in [0.5, 0.6) is 5.75 Å². The molecule has 0 fully saturated rings. The highest BCUT2D eigenvalue weighted by atomic mass is 16.5. The van der Waals surface area contributed by atoms with Crippen LogP contribution in [0.4, 0.5) is 0 Å². The van der Waals surface area contributed by atoms with Gasteiger partial charge in [-0.05, 0) is 48.0 Å². The van der Waals surface area contributed by atoms with Gasteiger partial charge in [-0.15, -0.1) is 0 Å². The largest absolute Gasteiger partial charge is 0.497 e. The fraction of sp³-hybridized carbons (Fsp3) is 0.0435. The minimum absolute atomic E-state index is 0.0483. The number of hydrazone groups is 1. The molecule has 0 aliphatic rings. The summed E-state index contributed by atoms with van der Waals surface area (Å²) in [4.78, 5) is 29.3. The van der Waals surface area contributed by atoms with E-state index in [0.717, 1.165) is 0 Å². The van der Waals surface area contributed by atoms with Crippen LogP contribution in [-0.4, -0.2) is 30.1 Å². The molecule has 0 unspecified atom stereocenters. The number of aromatic nitrogens is 1. The van der Waals surface area contributed by atoms with Crippen molar-refractivity contribution in [2.24, 2.45) is 5.10 Å². The van der Waals surface area contributed by atoms with Crippen molar-refractivity contribution in [3.63, 3.8) is 0 Å². The average Bonchev–Trinajstić information content (AvgIpc) is 2.80. The molecule has 2 aromatic carbocycles. The van der Waals surface area contributed by atoms with Gasteiger partial charge in [-0.25, -0.2) is 5.43 Å². The van der Waals surface area contributed by atoms with E-state index >= 15 is 0 Å². The van der Waals surface area contributed by atoms with Gasteiger partial charge in [-0.3, -0.25) is 14.6 Å². The molecule has 0 bridgehead atoms. The zero-order valence-corrected chi connectivity index (χ0v) is 16.3. The molecule has 0 saturated heterocycles. The highest BCUT2D eigenvalue weighted by Gasteiger charge is 2.14. The number of hydrogen-bond donors (Lipinski definition) is 2. The number of hydrogen-bond acceptors (Lipinski definition) is 5. The first-order valence-electron chi connectivity index (χ1n) is 9.12. The topological polar surface area (TPSA) is 92.7 Å². The normalized spacial score (nSPS) is 11.2. The molecule has 150 valence electrons. The predicted octanol–water partition coefficient (Wildman–Crippen LogP) is 3.01.